The molecule has 7 heteroatoms. The van der Waals surface area contributed by atoms with Crippen LogP contribution in [0.15, 0.2) is 24.3 Å². The largest absolute Gasteiger partial charge is 0.381 e. The van der Waals surface area contributed by atoms with E-state index >= 15 is 0 Å². The SMILES string of the molecule is Cc1nc(-c2ccccc2NC2CCCS(=O)(=O)C2)n[nH]1. The summed E-state index contributed by atoms with van der Waals surface area (Å²) in [7, 11) is -2.93. The van der Waals surface area contributed by atoms with Crippen LogP contribution in [0.25, 0.3) is 11.4 Å². The fourth-order valence-electron chi connectivity index (χ4n) is 2.62. The normalized spacial score (nSPS) is 21.1. The number of H-pyrrole nitrogens is 1. The molecule has 1 saturated heterocycles. The first-order chi connectivity index (χ1) is 10.0. The van der Waals surface area contributed by atoms with Crippen molar-refractivity contribution < 1.29 is 8.42 Å². The topological polar surface area (TPSA) is 87.7 Å². The number of hydrogen-bond donors (Lipinski definition) is 2. The van der Waals surface area contributed by atoms with E-state index in [0.717, 1.165) is 23.5 Å². The van der Waals surface area contributed by atoms with Gasteiger partial charge in [0.2, 0.25) is 0 Å². The van der Waals surface area contributed by atoms with Gasteiger partial charge in [0.25, 0.3) is 0 Å². The zero-order valence-electron chi connectivity index (χ0n) is 11.8. The standard InChI is InChI=1S/C14H18N4O2S/c1-10-15-14(18-17-10)12-6-2-3-7-13(12)16-11-5-4-8-21(19,20)9-11/h2-3,6-7,11,16H,4-5,8-9H2,1H3,(H,15,17,18). The van der Waals surface area contributed by atoms with Gasteiger partial charge in [-0.15, -0.1) is 0 Å². The van der Waals surface area contributed by atoms with Gasteiger partial charge in [0.15, 0.2) is 15.7 Å². The summed E-state index contributed by atoms with van der Waals surface area (Å²) in [5, 5.41) is 10.3. The molecule has 1 atom stereocenters. The Morgan fingerprint density at radius 2 is 2.14 bits per heavy atom. The fourth-order valence-corrected chi connectivity index (χ4v) is 4.26. The maximum Gasteiger partial charge on any atom is 0.183 e. The highest BCUT2D eigenvalue weighted by molar-refractivity contribution is 7.91. The van der Waals surface area contributed by atoms with Crippen LogP contribution in [0.5, 0.6) is 0 Å². The Kier molecular flexibility index (Phi) is 3.67. The van der Waals surface area contributed by atoms with Crippen LogP contribution >= 0.6 is 0 Å². The van der Waals surface area contributed by atoms with Crippen molar-refractivity contribution in [3.63, 3.8) is 0 Å². The van der Waals surface area contributed by atoms with Crippen molar-refractivity contribution >= 4 is 15.5 Å². The Balaban J connectivity index is 1.86. The van der Waals surface area contributed by atoms with Gasteiger partial charge in [-0.1, -0.05) is 12.1 Å². The lowest BCUT2D eigenvalue weighted by Crippen LogP contribution is -2.34. The highest BCUT2D eigenvalue weighted by Crippen LogP contribution is 2.27. The second-order valence-corrected chi connectivity index (χ2v) is 7.62. The zero-order chi connectivity index (χ0) is 14.9. The van der Waals surface area contributed by atoms with E-state index in [2.05, 4.69) is 20.5 Å². The first kappa shape index (κ1) is 14.1. The van der Waals surface area contributed by atoms with Gasteiger partial charge in [-0.05, 0) is 31.9 Å². The minimum atomic E-state index is -2.93. The van der Waals surface area contributed by atoms with Crippen LogP contribution in [-0.4, -0.2) is 41.1 Å². The van der Waals surface area contributed by atoms with Crippen molar-refractivity contribution in [1.82, 2.24) is 15.2 Å². The van der Waals surface area contributed by atoms with E-state index in [-0.39, 0.29) is 11.8 Å². The number of aryl methyl sites for hydroxylation is 1. The molecule has 0 saturated carbocycles. The first-order valence-corrected chi connectivity index (χ1v) is 8.81. The predicted octanol–water partition coefficient (Wildman–Crippen LogP) is 1.77. The molecule has 2 aromatic rings. The molecule has 0 bridgehead atoms. The molecular formula is C14H18N4O2S. The van der Waals surface area contributed by atoms with E-state index in [0.29, 0.717) is 18.0 Å². The monoisotopic (exact) mass is 306 g/mol. The second kappa shape index (κ2) is 5.48. The number of nitrogens with one attached hydrogen (secondary N) is 2. The molecule has 1 aromatic carbocycles. The van der Waals surface area contributed by atoms with Crippen LogP contribution in [0.1, 0.15) is 18.7 Å². The number of benzene rings is 1. The molecule has 2 heterocycles. The predicted molar refractivity (Wildman–Crippen MR) is 81.9 cm³/mol. The van der Waals surface area contributed by atoms with Crippen molar-refractivity contribution in [2.75, 3.05) is 16.8 Å². The smallest absolute Gasteiger partial charge is 0.183 e. The molecule has 3 rings (SSSR count). The number of hydrogen-bond acceptors (Lipinski definition) is 5. The van der Waals surface area contributed by atoms with Crippen LogP contribution in [0, 0.1) is 6.92 Å². The van der Waals surface area contributed by atoms with E-state index in [4.69, 9.17) is 0 Å². The van der Waals surface area contributed by atoms with Crippen molar-refractivity contribution in [3.05, 3.63) is 30.1 Å². The molecule has 0 amide bonds. The van der Waals surface area contributed by atoms with Gasteiger partial charge < -0.3 is 5.32 Å². The summed E-state index contributed by atoms with van der Waals surface area (Å²) in [6.07, 6.45) is 1.57. The van der Waals surface area contributed by atoms with Gasteiger partial charge in [0, 0.05) is 17.3 Å². The Morgan fingerprint density at radius 3 is 2.86 bits per heavy atom. The van der Waals surface area contributed by atoms with Crippen molar-refractivity contribution in [2.24, 2.45) is 0 Å². The van der Waals surface area contributed by atoms with Crippen molar-refractivity contribution in [1.29, 1.82) is 0 Å². The molecule has 0 spiro atoms. The van der Waals surface area contributed by atoms with Gasteiger partial charge in [-0.25, -0.2) is 13.4 Å². The Morgan fingerprint density at radius 1 is 1.33 bits per heavy atom. The van der Waals surface area contributed by atoms with Gasteiger partial charge in [0.05, 0.1) is 11.5 Å². The summed E-state index contributed by atoms with van der Waals surface area (Å²) in [4.78, 5) is 4.34. The first-order valence-electron chi connectivity index (χ1n) is 6.99. The van der Waals surface area contributed by atoms with Crippen LogP contribution in [0.3, 0.4) is 0 Å². The summed E-state index contributed by atoms with van der Waals surface area (Å²) in [5.41, 5.74) is 1.75. The van der Waals surface area contributed by atoms with Crippen LogP contribution < -0.4 is 5.32 Å². The third kappa shape index (κ3) is 3.24. The number of nitrogens with zero attached hydrogens (tertiary/aromatic N) is 2. The number of aromatic amines is 1. The zero-order valence-corrected chi connectivity index (χ0v) is 12.7. The van der Waals surface area contributed by atoms with E-state index in [9.17, 15) is 8.42 Å². The minimum Gasteiger partial charge on any atom is -0.381 e. The molecule has 21 heavy (non-hydrogen) atoms. The minimum absolute atomic E-state index is 0.0510. The molecule has 1 aromatic heterocycles. The molecule has 0 radical (unpaired) electrons. The summed E-state index contributed by atoms with van der Waals surface area (Å²) in [6.45, 7) is 1.85. The summed E-state index contributed by atoms with van der Waals surface area (Å²) in [6, 6.07) is 7.65. The summed E-state index contributed by atoms with van der Waals surface area (Å²) < 4.78 is 23.5. The third-order valence-electron chi connectivity index (χ3n) is 3.59. The lowest BCUT2D eigenvalue weighted by Gasteiger charge is -2.24. The molecule has 1 aliphatic rings. The third-order valence-corrected chi connectivity index (χ3v) is 5.41. The van der Waals surface area contributed by atoms with Crippen molar-refractivity contribution in [3.8, 4) is 11.4 Å². The summed E-state index contributed by atoms with van der Waals surface area (Å²) >= 11 is 0. The Bertz CT molecular complexity index is 739. The van der Waals surface area contributed by atoms with Crippen molar-refractivity contribution in [2.45, 2.75) is 25.8 Å². The number of aromatic nitrogens is 3. The Labute approximate surface area is 123 Å². The fraction of sp³-hybridized carbons (Fsp3) is 0.429. The van der Waals surface area contributed by atoms with Crippen LogP contribution in [0.4, 0.5) is 5.69 Å². The average Bonchev–Trinajstić information content (AvgIpc) is 2.85. The van der Waals surface area contributed by atoms with E-state index in [1.54, 1.807) is 0 Å². The highest BCUT2D eigenvalue weighted by Gasteiger charge is 2.25. The van der Waals surface area contributed by atoms with Crippen LogP contribution in [-0.2, 0) is 9.84 Å². The Hall–Kier alpha value is -1.89. The molecule has 1 unspecified atom stereocenters. The quantitative estimate of drug-likeness (QED) is 0.902. The number of anilines is 1. The molecule has 1 fully saturated rings. The number of rotatable bonds is 3. The maximum absolute atomic E-state index is 11.7. The molecule has 6 nitrogen and oxygen atoms in total. The van der Waals surface area contributed by atoms with Gasteiger partial charge in [-0.2, -0.15) is 5.10 Å². The average molecular weight is 306 g/mol. The van der Waals surface area contributed by atoms with Gasteiger partial charge in [0.1, 0.15) is 5.82 Å². The highest BCUT2D eigenvalue weighted by atomic mass is 32.2. The lowest BCUT2D eigenvalue weighted by molar-refractivity contribution is 0.562. The van der Waals surface area contributed by atoms with Gasteiger partial charge >= 0.3 is 0 Å². The second-order valence-electron chi connectivity index (χ2n) is 5.39. The van der Waals surface area contributed by atoms with E-state index < -0.39 is 9.84 Å². The molecule has 2 N–H and O–H groups in total. The number of para-hydroxylation sites is 1. The molecule has 1 aliphatic heterocycles. The van der Waals surface area contributed by atoms with E-state index in [1.807, 2.05) is 31.2 Å². The lowest BCUT2D eigenvalue weighted by atomic mass is 10.1. The molecule has 0 aliphatic carbocycles. The van der Waals surface area contributed by atoms with Crippen LogP contribution in [0.2, 0.25) is 0 Å². The van der Waals surface area contributed by atoms with Gasteiger partial charge in [-0.3, -0.25) is 5.10 Å². The molecular weight excluding hydrogens is 288 g/mol. The summed E-state index contributed by atoms with van der Waals surface area (Å²) in [5.74, 6) is 1.86. The number of sulfone groups is 1. The van der Waals surface area contributed by atoms with E-state index in [1.165, 1.54) is 0 Å². The molecule has 112 valence electrons. The maximum atomic E-state index is 11.7.